The summed E-state index contributed by atoms with van der Waals surface area (Å²) in [5.74, 6) is -3.05. The number of aliphatic carboxylic acids is 1. The van der Waals surface area contributed by atoms with E-state index < -0.39 is 39.2 Å². The molecule has 8 heteroatoms. The van der Waals surface area contributed by atoms with Gasteiger partial charge in [0.25, 0.3) is 0 Å². The lowest BCUT2D eigenvalue weighted by Crippen LogP contribution is -2.21. The fraction of sp³-hybridized carbons (Fsp3) is 0.385. The van der Waals surface area contributed by atoms with Crippen LogP contribution in [-0.4, -0.2) is 25.4 Å². The summed E-state index contributed by atoms with van der Waals surface area (Å²) in [6, 6.07) is 5.72. The van der Waals surface area contributed by atoms with E-state index in [1.807, 2.05) is 0 Å². The van der Waals surface area contributed by atoms with Gasteiger partial charge in [-0.25, -0.2) is 13.6 Å². The second-order valence-electron chi connectivity index (χ2n) is 5.65. The summed E-state index contributed by atoms with van der Waals surface area (Å²) in [5, 5.41) is 16.6. The van der Waals surface area contributed by atoms with Crippen molar-refractivity contribution in [3.63, 3.8) is 0 Å². The molecule has 21 heavy (non-hydrogen) atoms. The second-order valence-corrected chi connectivity index (χ2v) is 7.18. The van der Waals surface area contributed by atoms with Crippen LogP contribution in [-0.2, 0) is 19.6 Å². The summed E-state index contributed by atoms with van der Waals surface area (Å²) in [6.45, 7) is 3.36. The van der Waals surface area contributed by atoms with Crippen molar-refractivity contribution in [3.8, 4) is 0 Å². The minimum Gasteiger partial charge on any atom is -0.481 e. The number of nitrogens with one attached hydrogen (secondary N) is 1. The third-order valence-corrected chi connectivity index (χ3v) is 4.80. The van der Waals surface area contributed by atoms with Gasteiger partial charge in [-0.1, -0.05) is 26.0 Å². The first-order valence-electron chi connectivity index (χ1n) is 6.22. The Morgan fingerprint density at radius 2 is 1.81 bits per heavy atom. The van der Waals surface area contributed by atoms with Gasteiger partial charge in [-0.2, -0.15) is 0 Å². The number of amides is 1. The molecule has 0 aromatic heterocycles. The normalized spacial score (nSPS) is 23.4. The molecule has 1 fully saturated rings. The molecule has 2 atom stereocenters. The molecule has 1 aliphatic carbocycles. The monoisotopic (exact) mass is 312 g/mol. The van der Waals surface area contributed by atoms with Gasteiger partial charge in [0.2, 0.25) is 15.9 Å². The van der Waals surface area contributed by atoms with Crippen LogP contribution >= 0.6 is 0 Å². The van der Waals surface area contributed by atoms with E-state index in [1.165, 1.54) is 18.2 Å². The molecule has 1 amide bonds. The Balaban J connectivity index is 2.25. The van der Waals surface area contributed by atoms with Crippen molar-refractivity contribution in [1.29, 1.82) is 0 Å². The average Bonchev–Trinajstić information content (AvgIpc) is 2.92. The van der Waals surface area contributed by atoms with Gasteiger partial charge in [0.05, 0.1) is 17.5 Å². The minimum atomic E-state index is -3.97. The molecule has 114 valence electrons. The zero-order valence-electron chi connectivity index (χ0n) is 11.5. The highest BCUT2D eigenvalue weighted by atomic mass is 32.2. The molecule has 1 aromatic carbocycles. The molecule has 2 unspecified atom stereocenters. The molecule has 0 radical (unpaired) electrons. The zero-order valence-corrected chi connectivity index (χ0v) is 12.3. The molecule has 1 aliphatic rings. The van der Waals surface area contributed by atoms with E-state index in [0.717, 1.165) is 0 Å². The van der Waals surface area contributed by atoms with Gasteiger partial charge < -0.3 is 10.4 Å². The molecular formula is C13H16N2O5S. The number of para-hydroxylation sites is 1. The van der Waals surface area contributed by atoms with Crippen LogP contribution in [0.4, 0.5) is 5.69 Å². The van der Waals surface area contributed by atoms with Crippen LogP contribution in [0.15, 0.2) is 29.2 Å². The Morgan fingerprint density at radius 3 is 2.29 bits per heavy atom. The van der Waals surface area contributed by atoms with E-state index in [4.69, 9.17) is 10.2 Å². The van der Waals surface area contributed by atoms with Gasteiger partial charge in [-0.3, -0.25) is 9.59 Å². The molecule has 0 heterocycles. The fourth-order valence-corrected chi connectivity index (χ4v) is 3.31. The van der Waals surface area contributed by atoms with Crippen molar-refractivity contribution in [1.82, 2.24) is 0 Å². The molecule has 1 saturated carbocycles. The number of carbonyl (C=O) groups excluding carboxylic acids is 1. The summed E-state index contributed by atoms with van der Waals surface area (Å²) < 4.78 is 22.9. The summed E-state index contributed by atoms with van der Waals surface area (Å²) in [6.07, 6.45) is 0. The number of hydrogen-bond donors (Lipinski definition) is 3. The predicted molar refractivity (Wildman–Crippen MR) is 74.8 cm³/mol. The summed E-state index contributed by atoms with van der Waals surface area (Å²) in [7, 11) is -3.97. The average molecular weight is 312 g/mol. The molecule has 0 bridgehead atoms. The van der Waals surface area contributed by atoms with Gasteiger partial charge in [0.15, 0.2) is 0 Å². The van der Waals surface area contributed by atoms with Crippen LogP contribution < -0.4 is 10.5 Å². The maximum atomic E-state index is 12.2. The first-order chi connectivity index (χ1) is 9.56. The first kappa shape index (κ1) is 15.5. The van der Waals surface area contributed by atoms with Gasteiger partial charge >= 0.3 is 5.97 Å². The number of benzene rings is 1. The third-order valence-electron chi connectivity index (χ3n) is 3.83. The maximum Gasteiger partial charge on any atom is 0.307 e. The van der Waals surface area contributed by atoms with Crippen LogP contribution in [0.5, 0.6) is 0 Å². The molecule has 1 aromatic rings. The number of carboxylic acid groups (broad SMARTS) is 1. The summed E-state index contributed by atoms with van der Waals surface area (Å²) in [4.78, 5) is 23.0. The van der Waals surface area contributed by atoms with Gasteiger partial charge in [-0.15, -0.1) is 0 Å². The Morgan fingerprint density at radius 1 is 1.24 bits per heavy atom. The molecule has 0 aliphatic heterocycles. The lowest BCUT2D eigenvalue weighted by atomic mass is 10.1. The van der Waals surface area contributed by atoms with E-state index in [-0.39, 0.29) is 10.6 Å². The van der Waals surface area contributed by atoms with Crippen molar-refractivity contribution in [3.05, 3.63) is 24.3 Å². The second kappa shape index (κ2) is 4.81. The quantitative estimate of drug-likeness (QED) is 0.751. The molecular weight excluding hydrogens is 296 g/mol. The van der Waals surface area contributed by atoms with E-state index in [2.05, 4.69) is 5.32 Å². The summed E-state index contributed by atoms with van der Waals surface area (Å²) in [5.41, 5.74) is -0.608. The lowest BCUT2D eigenvalue weighted by molar-refractivity contribution is -0.140. The number of hydrogen-bond acceptors (Lipinski definition) is 4. The first-order valence-corrected chi connectivity index (χ1v) is 7.77. The van der Waals surface area contributed by atoms with Crippen molar-refractivity contribution in [2.45, 2.75) is 18.7 Å². The van der Waals surface area contributed by atoms with E-state index in [0.29, 0.717) is 0 Å². The van der Waals surface area contributed by atoms with Crippen LogP contribution in [0.1, 0.15) is 13.8 Å². The number of rotatable bonds is 4. The van der Waals surface area contributed by atoms with Gasteiger partial charge in [0, 0.05) is 0 Å². The van der Waals surface area contributed by atoms with Crippen LogP contribution in [0.2, 0.25) is 0 Å². The standard InChI is InChI=1S/C13H16N2O5S/c1-13(2)9(10(13)12(17)18)11(16)15-7-5-3-4-6-8(7)21(14,19)20/h3-6,9-10H,1-2H3,(H,15,16)(H,17,18)(H2,14,19,20). The van der Waals surface area contributed by atoms with Crippen molar-refractivity contribution in [2.75, 3.05) is 5.32 Å². The fourth-order valence-electron chi connectivity index (χ4n) is 2.62. The molecule has 0 saturated heterocycles. The molecule has 2 rings (SSSR count). The highest BCUT2D eigenvalue weighted by molar-refractivity contribution is 7.89. The minimum absolute atomic E-state index is 0.0526. The lowest BCUT2D eigenvalue weighted by Gasteiger charge is -2.10. The molecule has 0 spiro atoms. The SMILES string of the molecule is CC1(C)C(C(=O)O)C1C(=O)Nc1ccccc1S(N)(=O)=O. The van der Waals surface area contributed by atoms with Gasteiger partial charge in [0.1, 0.15) is 4.90 Å². The highest BCUT2D eigenvalue weighted by Gasteiger charge is 2.65. The topological polar surface area (TPSA) is 127 Å². The van der Waals surface area contributed by atoms with E-state index >= 15 is 0 Å². The third kappa shape index (κ3) is 2.77. The van der Waals surface area contributed by atoms with Crippen LogP contribution in [0, 0.1) is 17.3 Å². The molecule has 4 N–H and O–H groups in total. The smallest absolute Gasteiger partial charge is 0.307 e. The number of carboxylic acids is 1. The largest absolute Gasteiger partial charge is 0.481 e. The number of primary sulfonamides is 1. The number of nitrogens with two attached hydrogens (primary N) is 1. The van der Waals surface area contributed by atoms with E-state index in [1.54, 1.807) is 19.9 Å². The zero-order chi connectivity index (χ0) is 16.0. The maximum absolute atomic E-state index is 12.2. The Labute approximate surface area is 122 Å². The Bertz CT molecular complexity index is 711. The number of carbonyl (C=O) groups is 2. The van der Waals surface area contributed by atoms with Crippen molar-refractivity contribution < 1.29 is 23.1 Å². The molecule has 7 nitrogen and oxygen atoms in total. The Hall–Kier alpha value is -1.93. The van der Waals surface area contributed by atoms with E-state index in [9.17, 15) is 18.0 Å². The van der Waals surface area contributed by atoms with Crippen molar-refractivity contribution >= 4 is 27.6 Å². The Kier molecular flexibility index (Phi) is 3.54. The number of anilines is 1. The van der Waals surface area contributed by atoms with Crippen LogP contribution in [0.25, 0.3) is 0 Å². The highest BCUT2D eigenvalue weighted by Crippen LogP contribution is 2.58. The predicted octanol–water partition coefficient (Wildman–Crippen LogP) is 0.629. The van der Waals surface area contributed by atoms with Gasteiger partial charge in [-0.05, 0) is 17.5 Å². The van der Waals surface area contributed by atoms with Crippen molar-refractivity contribution in [2.24, 2.45) is 22.4 Å². The number of sulfonamides is 1. The summed E-state index contributed by atoms with van der Waals surface area (Å²) >= 11 is 0. The van der Waals surface area contributed by atoms with Crippen LogP contribution in [0.3, 0.4) is 0 Å².